The highest BCUT2D eigenvalue weighted by Crippen LogP contribution is 2.31. The number of sulfone groups is 1. The number of hydrogen-bond donors (Lipinski definition) is 0. The second-order valence-electron chi connectivity index (χ2n) is 2.98. The van der Waals surface area contributed by atoms with Crippen molar-refractivity contribution in [1.29, 1.82) is 0 Å². The Bertz CT molecular complexity index is 334. The molecule has 0 radical (unpaired) electrons. The minimum atomic E-state index is -3.64. The van der Waals surface area contributed by atoms with E-state index in [-0.39, 0.29) is 0 Å². The first-order chi connectivity index (χ1) is 5.91. The van der Waals surface area contributed by atoms with E-state index in [0.29, 0.717) is 12.8 Å². The van der Waals surface area contributed by atoms with Gasteiger partial charge in [0.25, 0.3) is 0 Å². The predicted octanol–water partition coefficient (Wildman–Crippen LogP) is 1.28. The maximum atomic E-state index is 11.8. The minimum Gasteiger partial charge on any atom is -0.228 e. The number of rotatable bonds is 0. The van der Waals surface area contributed by atoms with E-state index >= 15 is 0 Å². The summed E-state index contributed by atoms with van der Waals surface area (Å²) in [6.07, 6.45) is 4.91. The van der Waals surface area contributed by atoms with Gasteiger partial charge in [0.2, 0.25) is 0 Å². The zero-order chi connectivity index (χ0) is 9.74. The molecule has 2 aliphatic rings. The highest BCUT2D eigenvalue weighted by molar-refractivity contribution is 7.93. The Balaban J connectivity index is 2.61. The van der Waals surface area contributed by atoms with Crippen LogP contribution in [0.1, 0.15) is 28.4 Å². The lowest BCUT2D eigenvalue weighted by Gasteiger charge is -2.06. The Hall–Kier alpha value is -0.310. The molecular formula is C8H12O2S. The van der Waals surface area contributed by atoms with Crippen LogP contribution in [0.4, 0.5) is 0 Å². The SMILES string of the molecule is [2H]C12C=CC([2H])(CCCC1)S2(=O)=O. The molecule has 0 spiro atoms. The molecule has 0 aromatic carbocycles. The van der Waals surface area contributed by atoms with Crippen molar-refractivity contribution >= 4 is 9.84 Å². The molecule has 0 aromatic rings. The van der Waals surface area contributed by atoms with E-state index in [1.165, 1.54) is 12.2 Å². The quantitative estimate of drug-likeness (QED) is 0.518. The average molecular weight is 174 g/mol. The zero-order valence-corrected chi connectivity index (χ0v) is 7.02. The van der Waals surface area contributed by atoms with Crippen LogP contribution in [0.3, 0.4) is 0 Å². The van der Waals surface area contributed by atoms with E-state index in [4.69, 9.17) is 2.74 Å². The molecule has 0 aromatic heterocycles. The van der Waals surface area contributed by atoms with Crippen LogP contribution in [0.5, 0.6) is 0 Å². The van der Waals surface area contributed by atoms with E-state index in [2.05, 4.69) is 0 Å². The average Bonchev–Trinajstić information content (AvgIpc) is 2.15. The summed E-state index contributed by atoms with van der Waals surface area (Å²) >= 11 is 0. The molecule has 2 aliphatic heterocycles. The zero-order valence-electron chi connectivity index (χ0n) is 8.21. The Morgan fingerprint density at radius 3 is 2.09 bits per heavy atom. The molecule has 3 heteroatoms. The van der Waals surface area contributed by atoms with Crippen LogP contribution in [0.25, 0.3) is 0 Å². The first-order valence-electron chi connectivity index (χ1n) is 4.86. The van der Waals surface area contributed by atoms with Gasteiger partial charge >= 0.3 is 0 Å². The van der Waals surface area contributed by atoms with Crippen molar-refractivity contribution in [3.63, 3.8) is 0 Å². The van der Waals surface area contributed by atoms with Crippen molar-refractivity contribution in [3.8, 4) is 0 Å². The van der Waals surface area contributed by atoms with Crippen LogP contribution in [-0.2, 0) is 9.84 Å². The van der Waals surface area contributed by atoms with Crippen molar-refractivity contribution in [2.75, 3.05) is 0 Å². The molecule has 62 valence electrons. The molecule has 1 saturated heterocycles. The Morgan fingerprint density at radius 1 is 1.18 bits per heavy atom. The van der Waals surface area contributed by atoms with Crippen LogP contribution in [0.2, 0.25) is 0 Å². The van der Waals surface area contributed by atoms with Crippen molar-refractivity contribution in [1.82, 2.24) is 0 Å². The molecule has 2 heterocycles. The summed E-state index contributed by atoms with van der Waals surface area (Å²) in [5.41, 5.74) is 0. The highest BCUT2D eigenvalue weighted by atomic mass is 32.2. The van der Waals surface area contributed by atoms with Gasteiger partial charge in [-0.05, 0) is 12.8 Å². The second kappa shape index (κ2) is 2.34. The molecule has 0 aliphatic carbocycles. The molecule has 0 amide bonds. The van der Waals surface area contributed by atoms with Gasteiger partial charge in [0.05, 0.1) is 13.2 Å². The van der Waals surface area contributed by atoms with Crippen molar-refractivity contribution < 1.29 is 11.2 Å². The summed E-state index contributed by atoms with van der Waals surface area (Å²) < 4.78 is 39.2. The summed E-state index contributed by atoms with van der Waals surface area (Å²) in [7, 11) is -3.64. The van der Waals surface area contributed by atoms with Crippen LogP contribution in [-0.4, -0.2) is 18.9 Å². The van der Waals surface area contributed by atoms with Gasteiger partial charge in [0.1, 0.15) is 0 Å². The van der Waals surface area contributed by atoms with Crippen LogP contribution < -0.4 is 0 Å². The largest absolute Gasteiger partial charge is 0.228 e. The predicted molar refractivity (Wildman–Crippen MR) is 44.1 cm³/mol. The minimum absolute atomic E-state index is 0.340. The monoisotopic (exact) mass is 174 g/mol. The summed E-state index contributed by atoms with van der Waals surface area (Å²) in [5.74, 6) is 0. The molecule has 0 saturated carbocycles. The van der Waals surface area contributed by atoms with E-state index in [1.807, 2.05) is 0 Å². The van der Waals surface area contributed by atoms with E-state index in [1.54, 1.807) is 0 Å². The van der Waals surface area contributed by atoms with Gasteiger partial charge in [-0.15, -0.1) is 0 Å². The van der Waals surface area contributed by atoms with E-state index in [9.17, 15) is 8.42 Å². The van der Waals surface area contributed by atoms with Crippen LogP contribution >= 0.6 is 0 Å². The highest BCUT2D eigenvalue weighted by Gasteiger charge is 2.37. The van der Waals surface area contributed by atoms with Gasteiger partial charge in [0, 0.05) is 0 Å². The third kappa shape index (κ3) is 1.02. The maximum absolute atomic E-state index is 11.8. The van der Waals surface area contributed by atoms with Crippen LogP contribution in [0.15, 0.2) is 12.2 Å². The lowest BCUT2D eigenvalue weighted by Crippen LogP contribution is -2.21. The lowest BCUT2D eigenvalue weighted by molar-refractivity contribution is 0.585. The first-order valence-corrected chi connectivity index (χ1v) is 5.34. The number of hydrogen-bond acceptors (Lipinski definition) is 2. The third-order valence-corrected chi connectivity index (χ3v) is 4.30. The van der Waals surface area contributed by atoms with Crippen LogP contribution in [0, 0.1) is 0 Å². The molecule has 2 bridgehead atoms. The van der Waals surface area contributed by atoms with E-state index < -0.39 is 20.3 Å². The molecule has 2 atom stereocenters. The first kappa shape index (κ1) is 5.36. The molecule has 1 fully saturated rings. The third-order valence-electron chi connectivity index (χ3n) is 2.24. The van der Waals surface area contributed by atoms with Crippen molar-refractivity contribution in [3.05, 3.63) is 12.2 Å². The molecule has 11 heavy (non-hydrogen) atoms. The second-order valence-corrected chi connectivity index (χ2v) is 5.03. The molecular weight excluding hydrogens is 160 g/mol. The standard InChI is InChI=1S/C8H12O2S/c9-11(10)7-3-1-2-4-8(11)6-5-7/h5-8H,1-4H2/i7D,8D. The normalized spacial score (nSPS) is 56.4. The Kier molecular flexibility index (Phi) is 1.14. The molecule has 2 unspecified atom stereocenters. The summed E-state index contributed by atoms with van der Waals surface area (Å²) in [4.78, 5) is 0. The fourth-order valence-electron chi connectivity index (χ4n) is 1.57. The van der Waals surface area contributed by atoms with Gasteiger partial charge in [-0.3, -0.25) is 0 Å². The fraction of sp³-hybridized carbons (Fsp3) is 0.750. The topological polar surface area (TPSA) is 34.1 Å². The Morgan fingerprint density at radius 2 is 1.64 bits per heavy atom. The summed E-state index contributed by atoms with van der Waals surface area (Å²) in [6.45, 7) is 0. The smallest absolute Gasteiger partial charge is 0.163 e. The van der Waals surface area contributed by atoms with Gasteiger partial charge in [0.15, 0.2) is 9.84 Å². The Labute approximate surface area is 70.0 Å². The summed E-state index contributed by atoms with van der Waals surface area (Å²) in [6, 6.07) is 0. The van der Waals surface area contributed by atoms with E-state index in [0.717, 1.165) is 12.8 Å². The number of fused-ring (bicyclic) bond motifs is 2. The van der Waals surface area contributed by atoms with Gasteiger partial charge in [-0.1, -0.05) is 25.0 Å². The molecule has 0 N–H and O–H groups in total. The van der Waals surface area contributed by atoms with Crippen molar-refractivity contribution in [2.24, 2.45) is 0 Å². The fourth-order valence-corrected chi connectivity index (χ4v) is 3.22. The molecule has 2 nitrogen and oxygen atoms in total. The van der Waals surface area contributed by atoms with Gasteiger partial charge in [-0.25, -0.2) is 8.42 Å². The maximum Gasteiger partial charge on any atom is 0.163 e. The lowest BCUT2D eigenvalue weighted by atomic mass is 10.1. The molecule has 2 rings (SSSR count). The van der Waals surface area contributed by atoms with Gasteiger partial charge < -0.3 is 0 Å². The summed E-state index contributed by atoms with van der Waals surface area (Å²) in [5, 5.41) is -3.02. The van der Waals surface area contributed by atoms with Gasteiger partial charge in [-0.2, -0.15) is 0 Å². The van der Waals surface area contributed by atoms with Crippen molar-refractivity contribution in [2.45, 2.75) is 36.1 Å².